The van der Waals surface area contributed by atoms with Gasteiger partial charge in [0.2, 0.25) is 17.7 Å². The fraction of sp³-hybridized carbons (Fsp3) is 0.333. The van der Waals surface area contributed by atoms with Crippen molar-refractivity contribution in [2.75, 3.05) is 0 Å². The third-order valence-electron chi connectivity index (χ3n) is 4.17. The molecule has 0 radical (unpaired) electrons. The summed E-state index contributed by atoms with van der Waals surface area (Å²) in [6.07, 6.45) is 1.24. The highest BCUT2D eigenvalue weighted by atomic mass is 16.4. The van der Waals surface area contributed by atoms with Crippen molar-refractivity contribution in [3.05, 3.63) is 36.0 Å². The first kappa shape index (κ1) is 20.9. The lowest BCUT2D eigenvalue weighted by Crippen LogP contribution is -2.55. The van der Waals surface area contributed by atoms with E-state index in [0.29, 0.717) is 0 Å². The van der Waals surface area contributed by atoms with Gasteiger partial charge in [-0.3, -0.25) is 14.4 Å². The molecule has 0 unspecified atom stereocenters. The maximum Gasteiger partial charge on any atom is 0.326 e. The van der Waals surface area contributed by atoms with E-state index >= 15 is 0 Å². The third-order valence-corrected chi connectivity index (χ3v) is 4.17. The van der Waals surface area contributed by atoms with E-state index in [-0.39, 0.29) is 6.42 Å². The van der Waals surface area contributed by atoms with Crippen LogP contribution >= 0.6 is 0 Å². The Hall–Kier alpha value is -3.40. The van der Waals surface area contributed by atoms with Crippen LogP contribution in [0.4, 0.5) is 0 Å². The summed E-state index contributed by atoms with van der Waals surface area (Å²) in [5.41, 5.74) is 12.2. The average Bonchev–Trinajstić information content (AvgIpc) is 3.03. The number of nitrogens with two attached hydrogens (primary N) is 2. The smallest absolute Gasteiger partial charge is 0.326 e. The highest BCUT2D eigenvalue weighted by Gasteiger charge is 2.29. The number of hydrogen-bond donors (Lipinski definition) is 6. The van der Waals surface area contributed by atoms with Crippen molar-refractivity contribution in [2.45, 2.75) is 37.9 Å². The maximum atomic E-state index is 12.7. The molecular weight excluding hydrogens is 366 g/mol. The van der Waals surface area contributed by atoms with Crippen LogP contribution in [0.25, 0.3) is 10.9 Å². The summed E-state index contributed by atoms with van der Waals surface area (Å²) < 4.78 is 0. The number of para-hydroxylation sites is 1. The average molecular weight is 389 g/mol. The van der Waals surface area contributed by atoms with E-state index in [2.05, 4.69) is 15.6 Å². The molecular formula is C18H23N5O5. The molecule has 3 atom stereocenters. The lowest BCUT2D eigenvalue weighted by Gasteiger charge is -2.21. The van der Waals surface area contributed by atoms with Crippen LogP contribution < -0.4 is 22.1 Å². The van der Waals surface area contributed by atoms with Gasteiger partial charge in [-0.2, -0.15) is 0 Å². The Morgan fingerprint density at radius 1 is 1.11 bits per heavy atom. The molecule has 10 heteroatoms. The van der Waals surface area contributed by atoms with Crippen molar-refractivity contribution in [1.29, 1.82) is 0 Å². The molecule has 0 spiro atoms. The number of amides is 3. The number of aliphatic carboxylic acids is 1. The second-order valence-corrected chi connectivity index (χ2v) is 6.48. The number of primary amides is 1. The molecule has 1 heterocycles. The topological polar surface area (TPSA) is 180 Å². The van der Waals surface area contributed by atoms with Gasteiger partial charge >= 0.3 is 5.97 Å². The van der Waals surface area contributed by atoms with Crippen molar-refractivity contribution in [1.82, 2.24) is 15.6 Å². The number of carbonyl (C=O) groups is 4. The number of H-pyrrole nitrogens is 1. The molecule has 2 aromatic rings. The van der Waals surface area contributed by atoms with Crippen molar-refractivity contribution in [3.8, 4) is 0 Å². The number of carbonyl (C=O) groups excluding carboxylic acids is 3. The molecule has 0 saturated carbocycles. The van der Waals surface area contributed by atoms with Crippen LogP contribution in [-0.2, 0) is 25.6 Å². The van der Waals surface area contributed by atoms with Gasteiger partial charge in [-0.15, -0.1) is 0 Å². The highest BCUT2D eigenvalue weighted by molar-refractivity contribution is 5.94. The minimum absolute atomic E-state index is 0.0945. The van der Waals surface area contributed by atoms with Crippen molar-refractivity contribution in [3.63, 3.8) is 0 Å². The van der Waals surface area contributed by atoms with Gasteiger partial charge in [0.25, 0.3) is 0 Å². The molecule has 0 fully saturated rings. The summed E-state index contributed by atoms with van der Waals surface area (Å²) in [6.45, 7) is 1.46. The van der Waals surface area contributed by atoms with Crippen LogP contribution in [-0.4, -0.2) is 51.9 Å². The van der Waals surface area contributed by atoms with Crippen molar-refractivity contribution < 1.29 is 24.3 Å². The predicted octanol–water partition coefficient (Wildman–Crippen LogP) is -1.01. The van der Waals surface area contributed by atoms with E-state index in [9.17, 15) is 24.3 Å². The van der Waals surface area contributed by atoms with E-state index in [0.717, 1.165) is 16.5 Å². The number of aromatic amines is 1. The molecule has 150 valence electrons. The highest BCUT2D eigenvalue weighted by Crippen LogP contribution is 2.19. The van der Waals surface area contributed by atoms with Gasteiger partial charge in [0.15, 0.2) is 0 Å². The first-order valence-electron chi connectivity index (χ1n) is 8.61. The Kier molecular flexibility index (Phi) is 6.72. The SMILES string of the molecule is C[C@H](N)C(=O)N[C@@H](Cc1c[nH]c2ccccc12)C(=O)N[C@H](CC(N)=O)C(=O)O. The van der Waals surface area contributed by atoms with Gasteiger partial charge in [-0.25, -0.2) is 4.79 Å². The number of carboxylic acid groups (broad SMARTS) is 1. The zero-order valence-electron chi connectivity index (χ0n) is 15.3. The molecule has 0 aliphatic heterocycles. The number of aromatic nitrogens is 1. The van der Waals surface area contributed by atoms with E-state index in [1.165, 1.54) is 6.92 Å². The molecule has 1 aromatic heterocycles. The number of benzene rings is 1. The van der Waals surface area contributed by atoms with Gasteiger partial charge in [-0.05, 0) is 18.6 Å². The summed E-state index contributed by atoms with van der Waals surface area (Å²) >= 11 is 0. The van der Waals surface area contributed by atoms with Crippen LogP contribution in [0, 0.1) is 0 Å². The Balaban J connectivity index is 2.25. The maximum absolute atomic E-state index is 12.7. The third kappa shape index (κ3) is 5.30. The summed E-state index contributed by atoms with van der Waals surface area (Å²) in [4.78, 5) is 50.1. The molecule has 0 aliphatic carbocycles. The molecule has 2 rings (SSSR count). The van der Waals surface area contributed by atoms with Crippen LogP contribution in [0.3, 0.4) is 0 Å². The lowest BCUT2D eigenvalue weighted by atomic mass is 10.0. The summed E-state index contributed by atoms with van der Waals surface area (Å²) in [6, 6.07) is 3.96. The minimum Gasteiger partial charge on any atom is -0.480 e. The zero-order chi connectivity index (χ0) is 20.8. The fourth-order valence-corrected chi connectivity index (χ4v) is 2.71. The van der Waals surface area contributed by atoms with E-state index in [1.54, 1.807) is 6.20 Å². The standard InChI is InChI=1S/C18H23N5O5/c1-9(19)16(25)22-13(17(26)23-14(18(27)28)7-15(20)24)6-10-8-21-12-5-3-2-4-11(10)12/h2-5,8-9,13-14,21H,6-7,19H2,1H3,(H2,20,24)(H,22,25)(H,23,26)(H,27,28)/t9-,13-,14+/m0/s1. The summed E-state index contributed by atoms with van der Waals surface area (Å²) in [5.74, 6) is -3.60. The van der Waals surface area contributed by atoms with E-state index < -0.39 is 48.2 Å². The van der Waals surface area contributed by atoms with Crippen LogP contribution in [0.15, 0.2) is 30.5 Å². The van der Waals surface area contributed by atoms with Crippen molar-refractivity contribution in [2.24, 2.45) is 11.5 Å². The predicted molar refractivity (Wildman–Crippen MR) is 101 cm³/mol. The monoisotopic (exact) mass is 389 g/mol. The molecule has 10 nitrogen and oxygen atoms in total. The molecule has 3 amide bonds. The first-order valence-corrected chi connectivity index (χ1v) is 8.61. The molecule has 0 bridgehead atoms. The van der Waals surface area contributed by atoms with Crippen molar-refractivity contribution >= 4 is 34.6 Å². The van der Waals surface area contributed by atoms with Gasteiger partial charge < -0.3 is 32.2 Å². The van der Waals surface area contributed by atoms with E-state index in [1.807, 2.05) is 24.3 Å². The quantitative estimate of drug-likeness (QED) is 0.319. The Morgan fingerprint density at radius 2 is 1.75 bits per heavy atom. The Morgan fingerprint density at radius 3 is 2.36 bits per heavy atom. The Bertz CT molecular complexity index is 891. The Labute approximate surface area is 160 Å². The molecule has 28 heavy (non-hydrogen) atoms. The van der Waals surface area contributed by atoms with Gasteiger partial charge in [0, 0.05) is 23.5 Å². The molecule has 0 aliphatic rings. The number of carboxylic acids is 1. The van der Waals surface area contributed by atoms with Crippen LogP contribution in [0.5, 0.6) is 0 Å². The second kappa shape index (κ2) is 9.00. The van der Waals surface area contributed by atoms with Crippen LogP contribution in [0.2, 0.25) is 0 Å². The number of nitrogens with one attached hydrogen (secondary N) is 3. The normalized spacial score (nSPS) is 14.1. The number of rotatable bonds is 9. The van der Waals surface area contributed by atoms with Gasteiger partial charge in [0.1, 0.15) is 12.1 Å². The van der Waals surface area contributed by atoms with Crippen LogP contribution in [0.1, 0.15) is 18.9 Å². The largest absolute Gasteiger partial charge is 0.480 e. The lowest BCUT2D eigenvalue weighted by molar-refractivity contribution is -0.143. The summed E-state index contributed by atoms with van der Waals surface area (Å²) in [7, 11) is 0. The number of fused-ring (bicyclic) bond motifs is 1. The molecule has 8 N–H and O–H groups in total. The van der Waals surface area contributed by atoms with Gasteiger partial charge in [0.05, 0.1) is 12.5 Å². The first-order chi connectivity index (χ1) is 13.2. The molecule has 1 aromatic carbocycles. The molecule has 0 saturated heterocycles. The second-order valence-electron chi connectivity index (χ2n) is 6.48. The summed E-state index contributed by atoms with van der Waals surface area (Å²) in [5, 5.41) is 14.8. The fourth-order valence-electron chi connectivity index (χ4n) is 2.71. The van der Waals surface area contributed by atoms with Gasteiger partial charge in [-0.1, -0.05) is 18.2 Å². The zero-order valence-corrected chi connectivity index (χ0v) is 15.3. The van der Waals surface area contributed by atoms with E-state index in [4.69, 9.17) is 11.5 Å². The number of hydrogen-bond acceptors (Lipinski definition) is 5. The minimum atomic E-state index is -1.50.